The Hall–Kier alpha value is -3.86. The average molecular weight is 579 g/mol. The van der Waals surface area contributed by atoms with Gasteiger partial charge in [-0.25, -0.2) is 0 Å². The van der Waals surface area contributed by atoms with Crippen molar-refractivity contribution >= 4 is 0 Å². The highest BCUT2D eigenvalue weighted by Crippen LogP contribution is 2.58. The lowest BCUT2D eigenvalue weighted by Gasteiger charge is -2.35. The van der Waals surface area contributed by atoms with E-state index in [4.69, 9.17) is 42.6 Å². The molecule has 10 heteroatoms. The summed E-state index contributed by atoms with van der Waals surface area (Å²) in [5, 5.41) is 12.0. The minimum Gasteiger partial charge on any atom is -0.496 e. The zero-order valence-corrected chi connectivity index (χ0v) is 24.0. The first-order chi connectivity index (χ1) is 20.5. The molecule has 0 radical (unpaired) electrons. The van der Waals surface area contributed by atoms with Gasteiger partial charge in [0, 0.05) is 23.1 Å². The summed E-state index contributed by atoms with van der Waals surface area (Å²) in [7, 11) is 4.78. The van der Waals surface area contributed by atoms with Crippen molar-refractivity contribution in [2.45, 2.75) is 43.4 Å². The fraction of sp³-hybridized carbons (Fsp3) is 0.438. The number of aliphatic hydroxyl groups is 1. The van der Waals surface area contributed by atoms with Crippen LogP contribution in [-0.4, -0.2) is 58.1 Å². The number of benzene rings is 3. The van der Waals surface area contributed by atoms with Crippen LogP contribution in [0.1, 0.15) is 48.3 Å². The van der Waals surface area contributed by atoms with Gasteiger partial charge in [-0.3, -0.25) is 0 Å². The molecule has 0 unspecified atom stereocenters. The predicted molar refractivity (Wildman–Crippen MR) is 149 cm³/mol. The lowest BCUT2D eigenvalue weighted by Crippen LogP contribution is -2.39. The van der Waals surface area contributed by atoms with Gasteiger partial charge in [-0.2, -0.15) is 0 Å². The van der Waals surface area contributed by atoms with Gasteiger partial charge in [0.05, 0.1) is 46.2 Å². The standard InChI is InChI=1S/C32H34O10/c1-5-20-29(17-9-10-21-25(11-17)40-16-39-21)42-27-13-24(36-4)18(12-26(27)41-20)30-19-14-37-31(32(19,33)15-38-30)28-22(34-2)7-6-8-23(28)35-3/h6-13,19-20,29-31,33H,5,14-16H2,1-4H3/t19-,20-,29-,30-,31-,32-/m0/s1. The van der Waals surface area contributed by atoms with Crippen LogP contribution in [0.3, 0.4) is 0 Å². The molecule has 0 aromatic heterocycles. The van der Waals surface area contributed by atoms with E-state index in [1.54, 1.807) is 21.3 Å². The Labute approximate surface area is 243 Å². The summed E-state index contributed by atoms with van der Waals surface area (Å²) in [6.07, 6.45) is -1.07. The number of rotatable bonds is 7. The van der Waals surface area contributed by atoms with Gasteiger partial charge in [0.15, 0.2) is 29.1 Å². The van der Waals surface area contributed by atoms with E-state index in [1.165, 1.54) is 0 Å². The summed E-state index contributed by atoms with van der Waals surface area (Å²) in [5.41, 5.74) is 1.03. The largest absolute Gasteiger partial charge is 0.496 e. The van der Waals surface area contributed by atoms with Crippen molar-refractivity contribution in [3.63, 3.8) is 0 Å². The van der Waals surface area contributed by atoms with Crippen molar-refractivity contribution in [1.29, 1.82) is 0 Å². The monoisotopic (exact) mass is 578 g/mol. The molecule has 0 aliphatic carbocycles. The van der Waals surface area contributed by atoms with Crippen LogP contribution in [0, 0.1) is 5.92 Å². The number of fused-ring (bicyclic) bond motifs is 3. The number of methoxy groups -OCH3 is 3. The van der Waals surface area contributed by atoms with Crippen molar-refractivity contribution in [3.05, 3.63) is 65.2 Å². The lowest BCUT2D eigenvalue weighted by atomic mass is 9.80. The second kappa shape index (κ2) is 10.4. The Balaban J connectivity index is 1.20. The quantitative estimate of drug-likeness (QED) is 0.416. The zero-order chi connectivity index (χ0) is 29.0. The molecular formula is C32H34O10. The molecule has 0 spiro atoms. The maximum absolute atomic E-state index is 12.0. The van der Waals surface area contributed by atoms with Gasteiger partial charge in [0.1, 0.15) is 35.1 Å². The first kappa shape index (κ1) is 27.0. The Morgan fingerprint density at radius 1 is 0.810 bits per heavy atom. The van der Waals surface area contributed by atoms with E-state index in [9.17, 15) is 5.11 Å². The Morgan fingerprint density at radius 3 is 2.29 bits per heavy atom. The topological polar surface area (TPSA) is 103 Å². The SMILES string of the molecule is CC[C@@H]1Oc2cc([C@@H]3OC[C@@]4(O)[C@H](c5c(OC)cccc5OC)OC[C@@H]34)c(OC)cc2O[C@H]1c1ccc2c(c1)OCO2. The molecule has 3 aromatic rings. The molecule has 0 saturated carbocycles. The van der Waals surface area contributed by atoms with E-state index in [-0.39, 0.29) is 38.1 Å². The molecule has 6 atom stereocenters. The smallest absolute Gasteiger partial charge is 0.231 e. The molecule has 4 aliphatic rings. The first-order valence-corrected chi connectivity index (χ1v) is 14.1. The van der Waals surface area contributed by atoms with E-state index >= 15 is 0 Å². The minimum absolute atomic E-state index is 0.0651. The third-order valence-electron chi connectivity index (χ3n) is 8.73. The van der Waals surface area contributed by atoms with Crippen LogP contribution >= 0.6 is 0 Å². The highest BCUT2D eigenvalue weighted by molar-refractivity contribution is 5.55. The first-order valence-electron chi connectivity index (χ1n) is 14.1. The Kier molecular flexibility index (Phi) is 6.72. The maximum atomic E-state index is 12.0. The van der Waals surface area contributed by atoms with Crippen LogP contribution < -0.4 is 33.2 Å². The molecule has 7 rings (SSSR count). The summed E-state index contributed by atoms with van der Waals surface area (Å²) >= 11 is 0. The zero-order valence-electron chi connectivity index (χ0n) is 24.0. The highest BCUT2D eigenvalue weighted by atomic mass is 16.7. The van der Waals surface area contributed by atoms with Crippen LogP contribution in [0.2, 0.25) is 0 Å². The van der Waals surface area contributed by atoms with Crippen LogP contribution in [-0.2, 0) is 9.47 Å². The van der Waals surface area contributed by atoms with Gasteiger partial charge >= 0.3 is 0 Å². The van der Waals surface area contributed by atoms with E-state index < -0.39 is 17.8 Å². The normalized spacial score (nSPS) is 28.8. The van der Waals surface area contributed by atoms with Crippen LogP contribution in [0.15, 0.2) is 48.5 Å². The number of hydrogen-bond donors (Lipinski definition) is 1. The van der Waals surface area contributed by atoms with Crippen molar-refractivity contribution in [1.82, 2.24) is 0 Å². The average Bonchev–Trinajstić information content (AvgIpc) is 3.72. The maximum Gasteiger partial charge on any atom is 0.231 e. The molecule has 4 heterocycles. The van der Waals surface area contributed by atoms with Gasteiger partial charge < -0.3 is 47.7 Å². The van der Waals surface area contributed by atoms with E-state index in [0.717, 1.165) is 17.5 Å². The van der Waals surface area contributed by atoms with Crippen molar-refractivity contribution in [3.8, 4) is 40.2 Å². The van der Waals surface area contributed by atoms with Crippen LogP contribution in [0.25, 0.3) is 0 Å². The molecule has 2 fully saturated rings. The fourth-order valence-electron chi connectivity index (χ4n) is 6.58. The molecule has 10 nitrogen and oxygen atoms in total. The summed E-state index contributed by atoms with van der Waals surface area (Å²) in [5.74, 6) is 3.92. The van der Waals surface area contributed by atoms with Crippen molar-refractivity contribution in [2.24, 2.45) is 5.92 Å². The fourth-order valence-corrected chi connectivity index (χ4v) is 6.58. The van der Waals surface area contributed by atoms with Gasteiger partial charge in [-0.15, -0.1) is 0 Å². The third-order valence-corrected chi connectivity index (χ3v) is 8.73. The van der Waals surface area contributed by atoms with Crippen LogP contribution in [0.4, 0.5) is 0 Å². The van der Waals surface area contributed by atoms with E-state index in [2.05, 4.69) is 6.92 Å². The molecule has 222 valence electrons. The molecule has 3 aromatic carbocycles. The summed E-state index contributed by atoms with van der Waals surface area (Å²) in [6, 6.07) is 15.0. The molecule has 1 N–H and O–H groups in total. The van der Waals surface area contributed by atoms with Gasteiger partial charge in [0.2, 0.25) is 6.79 Å². The van der Waals surface area contributed by atoms with Gasteiger partial charge in [0.25, 0.3) is 0 Å². The molecule has 4 aliphatic heterocycles. The minimum atomic E-state index is -1.32. The van der Waals surface area contributed by atoms with Crippen molar-refractivity contribution < 1.29 is 47.7 Å². The highest BCUT2D eigenvalue weighted by Gasteiger charge is 2.61. The summed E-state index contributed by atoms with van der Waals surface area (Å²) in [6.45, 7) is 2.61. The van der Waals surface area contributed by atoms with E-state index in [1.807, 2.05) is 48.5 Å². The predicted octanol–water partition coefficient (Wildman–Crippen LogP) is 4.92. The van der Waals surface area contributed by atoms with E-state index in [0.29, 0.717) is 45.8 Å². The molecule has 0 bridgehead atoms. The summed E-state index contributed by atoms with van der Waals surface area (Å²) in [4.78, 5) is 0. The van der Waals surface area contributed by atoms with Crippen LogP contribution in [0.5, 0.6) is 40.2 Å². The molecule has 2 saturated heterocycles. The molecule has 42 heavy (non-hydrogen) atoms. The second-order valence-corrected chi connectivity index (χ2v) is 10.9. The van der Waals surface area contributed by atoms with Gasteiger partial charge in [-0.05, 0) is 36.8 Å². The Bertz CT molecular complexity index is 1470. The van der Waals surface area contributed by atoms with Crippen molar-refractivity contribution in [2.75, 3.05) is 41.3 Å². The Morgan fingerprint density at radius 2 is 1.55 bits per heavy atom. The molecule has 0 amide bonds. The lowest BCUT2D eigenvalue weighted by molar-refractivity contribution is -0.0643. The number of ether oxygens (including phenoxy) is 9. The third kappa shape index (κ3) is 4.11. The van der Waals surface area contributed by atoms with Gasteiger partial charge in [-0.1, -0.05) is 19.1 Å². The summed E-state index contributed by atoms with van der Waals surface area (Å²) < 4.78 is 53.7. The number of hydrogen-bond acceptors (Lipinski definition) is 10. The molecular weight excluding hydrogens is 544 g/mol. The second-order valence-electron chi connectivity index (χ2n) is 10.9.